The number of hydrogen-bond donors (Lipinski definition) is 10. The molecule has 0 saturated carbocycles. The van der Waals surface area contributed by atoms with Crippen LogP contribution in [0.5, 0.6) is 0 Å². The molecule has 2 aliphatic rings. The van der Waals surface area contributed by atoms with Crippen LogP contribution in [0.4, 0.5) is 0 Å². The third-order valence-corrected chi connectivity index (χ3v) is 19.6. The number of Topliss-reactive ketones (excluding diaryl/α,β-unsaturated/α-hetero) is 2. The Balaban J connectivity index is 1.85. The summed E-state index contributed by atoms with van der Waals surface area (Å²) in [7, 11) is -4.76. The molecule has 2 aliphatic heterocycles. The SMILES string of the molecule is CCCCCCCCCCCCCCCC(=O)OCC(COP(=O)(O)OCCNC(=O)CCCC(=O)NCC(=O)NC(C(=O)CC(CCCCN)C(=O)N1CCCC1C(=O)N1CCCC1C(=O)CC(CCCNC(=N)N)C(=O)O)C(C)O)OC(=O)CCCCCCCCCCCCCCC. The number of hydrogen-bond acceptors (Lipinski definition) is 18. The highest BCUT2D eigenvalue weighted by Crippen LogP contribution is 2.43. The van der Waals surface area contributed by atoms with E-state index in [2.05, 4.69) is 35.1 Å². The second-order valence-electron chi connectivity index (χ2n) is 27.4. The van der Waals surface area contributed by atoms with E-state index >= 15 is 0 Å². The van der Waals surface area contributed by atoms with Gasteiger partial charge in [-0.15, -0.1) is 0 Å². The number of ketones is 2. The second kappa shape index (κ2) is 55.9. The standard InChI is InChI=1S/C72H130N9O18P/c1-4-6-8-10-12-14-16-18-20-22-24-26-28-42-66(88)96-53-58(99-67(89)43-29-27-25-23-21-19-17-15-13-11-9-7-5-2)54-98-100(94,95)97-49-46-76-63(85)40-32-41-64(86)78-52-65(87)79-68(55(3)82)62(84)50-56(36-30-31-44-73)69(90)81-48-35-39-60(81)70(91)80-47-34-38-59(80)61(83)51-57(71(92)93)37-33-45-77-72(74)75/h55-60,68,82H,4-54,73H2,1-3H3,(H,76,85)(H,78,86)(H,79,87)(H,92,93)(H,94,95)(H4,74,75,77). The lowest BCUT2D eigenvalue weighted by Gasteiger charge is -2.33. The fraction of sp³-hybridized carbons (Fsp3) is 0.847. The Morgan fingerprint density at radius 2 is 1.08 bits per heavy atom. The van der Waals surface area contributed by atoms with E-state index in [0.717, 1.165) is 44.9 Å². The number of aliphatic hydroxyl groups is 1. The third-order valence-electron chi connectivity index (χ3n) is 18.6. The Labute approximate surface area is 596 Å². The molecule has 0 bridgehead atoms. The van der Waals surface area contributed by atoms with Crippen molar-refractivity contribution in [3.8, 4) is 0 Å². The summed E-state index contributed by atoms with van der Waals surface area (Å²) in [5, 5.41) is 37.9. The van der Waals surface area contributed by atoms with E-state index in [1.54, 1.807) is 0 Å². The van der Waals surface area contributed by atoms with Crippen LogP contribution in [-0.4, -0.2) is 179 Å². The van der Waals surface area contributed by atoms with Crippen molar-refractivity contribution in [1.82, 2.24) is 31.1 Å². The summed E-state index contributed by atoms with van der Waals surface area (Å²) in [6.07, 6.45) is 29.9. The zero-order valence-corrected chi connectivity index (χ0v) is 62.0. The number of nitrogens with zero attached hydrogens (tertiary/aromatic N) is 2. The molecule has 8 unspecified atom stereocenters. The van der Waals surface area contributed by atoms with Gasteiger partial charge in [0.25, 0.3) is 0 Å². The number of carbonyl (C=O) groups excluding carboxylic acids is 9. The first-order chi connectivity index (χ1) is 48.0. The van der Waals surface area contributed by atoms with Gasteiger partial charge in [-0.25, -0.2) is 4.57 Å². The largest absolute Gasteiger partial charge is 0.481 e. The lowest BCUT2D eigenvalue weighted by atomic mass is 9.90. The van der Waals surface area contributed by atoms with Crippen molar-refractivity contribution in [3.63, 3.8) is 0 Å². The van der Waals surface area contributed by atoms with Gasteiger partial charge in [0.1, 0.15) is 18.7 Å². The van der Waals surface area contributed by atoms with Crippen molar-refractivity contribution in [2.24, 2.45) is 23.3 Å². The lowest BCUT2D eigenvalue weighted by Crippen LogP contribution is -2.53. The minimum absolute atomic E-state index is 0.0377. The summed E-state index contributed by atoms with van der Waals surface area (Å²) in [5.74, 6) is -8.37. The molecule has 0 spiro atoms. The van der Waals surface area contributed by atoms with Crippen LogP contribution in [0.2, 0.25) is 0 Å². The molecule has 0 aromatic heterocycles. The number of carboxylic acids is 1. The molecule has 0 aromatic carbocycles. The van der Waals surface area contributed by atoms with Crippen molar-refractivity contribution >= 4 is 72.8 Å². The van der Waals surface area contributed by atoms with Crippen molar-refractivity contribution in [3.05, 3.63) is 0 Å². The molecule has 2 fully saturated rings. The van der Waals surface area contributed by atoms with Crippen LogP contribution in [0.15, 0.2) is 0 Å². The monoisotopic (exact) mass is 1440 g/mol. The van der Waals surface area contributed by atoms with E-state index in [4.69, 9.17) is 35.4 Å². The number of nitrogens with one attached hydrogen (secondary N) is 5. The number of nitrogens with two attached hydrogens (primary N) is 2. The first-order valence-corrected chi connectivity index (χ1v) is 39.7. The number of esters is 2. The Morgan fingerprint density at radius 3 is 1.61 bits per heavy atom. The maximum Gasteiger partial charge on any atom is 0.472 e. The van der Waals surface area contributed by atoms with Gasteiger partial charge in [0.2, 0.25) is 29.5 Å². The predicted molar refractivity (Wildman–Crippen MR) is 382 cm³/mol. The number of phosphoric acid groups is 1. The molecule has 0 aromatic rings. The number of rotatable bonds is 63. The number of likely N-dealkylation sites (tertiary alicyclic amines) is 2. The summed E-state index contributed by atoms with van der Waals surface area (Å²) in [4.78, 5) is 146. The zero-order valence-electron chi connectivity index (χ0n) is 61.1. The molecule has 28 heteroatoms. The number of carboxylic acid groups (broad SMARTS) is 1. The van der Waals surface area contributed by atoms with Gasteiger partial charge in [-0.1, -0.05) is 174 Å². The molecule has 0 radical (unpaired) electrons. The van der Waals surface area contributed by atoms with Crippen molar-refractivity contribution in [2.75, 3.05) is 59.1 Å². The zero-order chi connectivity index (χ0) is 73.8. The number of guanidine groups is 1. The van der Waals surface area contributed by atoms with Crippen LogP contribution in [-0.2, 0) is 71.0 Å². The molecule has 12 N–H and O–H groups in total. The molecule has 576 valence electrons. The van der Waals surface area contributed by atoms with Crippen LogP contribution >= 0.6 is 7.82 Å². The normalized spacial score (nSPS) is 16.5. The Hall–Kier alpha value is -5.60. The van der Waals surface area contributed by atoms with Gasteiger partial charge < -0.3 is 67.1 Å². The van der Waals surface area contributed by atoms with E-state index in [0.29, 0.717) is 64.3 Å². The number of phosphoric ester groups is 1. The van der Waals surface area contributed by atoms with E-state index < -0.39 is 135 Å². The van der Waals surface area contributed by atoms with Crippen LogP contribution in [0.25, 0.3) is 0 Å². The van der Waals surface area contributed by atoms with Crippen LogP contribution in [0.1, 0.15) is 290 Å². The molecule has 27 nitrogen and oxygen atoms in total. The molecule has 2 rings (SSSR count). The van der Waals surface area contributed by atoms with Crippen molar-refractivity contribution < 1.29 is 86.1 Å². The average Bonchev–Trinajstić information content (AvgIpc) is 1.63. The van der Waals surface area contributed by atoms with Gasteiger partial charge in [-0.2, -0.15) is 0 Å². The highest BCUT2D eigenvalue weighted by molar-refractivity contribution is 7.47. The Morgan fingerprint density at radius 1 is 0.570 bits per heavy atom. The molecule has 2 heterocycles. The number of aliphatic carboxylic acids is 1. The van der Waals surface area contributed by atoms with Gasteiger partial charge in [0, 0.05) is 70.6 Å². The van der Waals surface area contributed by atoms with E-state index in [-0.39, 0.29) is 90.1 Å². The van der Waals surface area contributed by atoms with Gasteiger partial charge in [-0.05, 0) is 84.1 Å². The smallest absolute Gasteiger partial charge is 0.472 e. The van der Waals surface area contributed by atoms with E-state index in [9.17, 15) is 67.6 Å². The minimum atomic E-state index is -4.76. The minimum Gasteiger partial charge on any atom is -0.481 e. The fourth-order valence-corrected chi connectivity index (χ4v) is 13.5. The van der Waals surface area contributed by atoms with E-state index in [1.807, 2.05) is 0 Å². The lowest BCUT2D eigenvalue weighted by molar-refractivity contribution is -0.161. The summed E-state index contributed by atoms with van der Waals surface area (Å²) in [5.41, 5.74) is 11.1. The molecule has 100 heavy (non-hydrogen) atoms. The van der Waals surface area contributed by atoms with E-state index in [1.165, 1.54) is 126 Å². The van der Waals surface area contributed by atoms with Crippen molar-refractivity contribution in [1.29, 1.82) is 5.41 Å². The number of unbranched alkanes of at least 4 members (excludes halogenated alkanes) is 25. The van der Waals surface area contributed by atoms with Crippen LogP contribution in [0, 0.1) is 17.2 Å². The number of ether oxygens (including phenoxy) is 2. The van der Waals surface area contributed by atoms with Crippen LogP contribution in [0.3, 0.4) is 0 Å². The molecule has 5 amide bonds. The Bertz CT molecular complexity index is 2440. The predicted octanol–water partition coefficient (Wildman–Crippen LogP) is 9.42. The number of carbonyl (C=O) groups is 10. The number of aliphatic hydroxyl groups excluding tert-OH is 1. The first kappa shape index (κ1) is 90.5. The summed E-state index contributed by atoms with van der Waals surface area (Å²) >= 11 is 0. The second-order valence-corrected chi connectivity index (χ2v) is 28.8. The topological polar surface area (TPSA) is 416 Å². The summed E-state index contributed by atoms with van der Waals surface area (Å²) in [6.45, 7) is 4.48. The maximum absolute atomic E-state index is 14.4. The highest BCUT2D eigenvalue weighted by Gasteiger charge is 2.44. The van der Waals surface area contributed by atoms with Crippen molar-refractivity contribution in [2.45, 2.75) is 321 Å². The Kier molecular flexibility index (Phi) is 50.6. The maximum atomic E-state index is 14.4. The molecular weight excluding hydrogens is 1310 g/mol. The molecular formula is C72H130N9O18P. The summed E-state index contributed by atoms with van der Waals surface area (Å²) in [6, 6.07) is -3.29. The average molecular weight is 1440 g/mol. The van der Waals surface area contributed by atoms with Gasteiger partial charge in [0.05, 0.1) is 37.8 Å². The van der Waals surface area contributed by atoms with Gasteiger partial charge >= 0.3 is 25.7 Å². The quantitative estimate of drug-likeness (QED) is 0.00890. The highest BCUT2D eigenvalue weighted by atomic mass is 31.2. The fourth-order valence-electron chi connectivity index (χ4n) is 12.8. The first-order valence-electron chi connectivity index (χ1n) is 38.2. The molecule has 0 aliphatic carbocycles. The van der Waals surface area contributed by atoms with Gasteiger partial charge in [-0.3, -0.25) is 62.4 Å². The summed E-state index contributed by atoms with van der Waals surface area (Å²) < 4.78 is 34.2. The van der Waals surface area contributed by atoms with Gasteiger partial charge in [0.15, 0.2) is 23.6 Å². The molecule has 8 atom stereocenters. The third kappa shape index (κ3) is 42.7. The number of amides is 5. The van der Waals surface area contributed by atoms with Crippen LogP contribution < -0.4 is 32.7 Å². The molecule has 2 saturated heterocycles.